The summed E-state index contributed by atoms with van der Waals surface area (Å²) in [6.45, 7) is 6.32. The minimum atomic E-state index is -0.578. The van der Waals surface area contributed by atoms with E-state index in [4.69, 9.17) is 23.2 Å². The summed E-state index contributed by atoms with van der Waals surface area (Å²) in [4.78, 5) is 7.05. The third-order valence-electron chi connectivity index (χ3n) is 5.48. The summed E-state index contributed by atoms with van der Waals surface area (Å²) in [6.07, 6.45) is 4.96. The number of rotatable bonds is 6. The van der Waals surface area contributed by atoms with Gasteiger partial charge in [-0.05, 0) is 56.7 Å². The van der Waals surface area contributed by atoms with Gasteiger partial charge in [0.2, 0.25) is 0 Å². The van der Waals surface area contributed by atoms with E-state index >= 15 is 0 Å². The number of benzene rings is 1. The molecule has 1 saturated heterocycles. The van der Waals surface area contributed by atoms with Crippen molar-refractivity contribution in [2.45, 2.75) is 57.2 Å². The molecule has 3 N–H and O–H groups in total. The van der Waals surface area contributed by atoms with E-state index in [0.717, 1.165) is 64.2 Å². The van der Waals surface area contributed by atoms with Gasteiger partial charge < -0.3 is 15.7 Å². The molecule has 2 fully saturated rings. The number of aliphatic hydroxyl groups is 1. The molecule has 5 nitrogen and oxygen atoms in total. The van der Waals surface area contributed by atoms with Crippen LogP contribution < -0.4 is 10.6 Å². The predicted octanol–water partition coefficient (Wildman–Crippen LogP) is 3.43. The lowest BCUT2D eigenvalue weighted by molar-refractivity contribution is -0.0236. The fraction of sp³-hybridized carbons (Fsp3) is 0.650. The molecule has 3 rings (SSSR count). The van der Waals surface area contributed by atoms with Crippen LogP contribution in [0.3, 0.4) is 0 Å². The SMILES string of the molecule is CCNC(=NCC1(O)CCC1)NC1CCN(Cc2ccc(Cl)c(Cl)c2)CC1. The maximum Gasteiger partial charge on any atom is 0.191 e. The topological polar surface area (TPSA) is 59.9 Å². The van der Waals surface area contributed by atoms with Gasteiger partial charge in [0, 0.05) is 32.2 Å². The molecule has 7 heteroatoms. The Morgan fingerprint density at radius 1 is 1.26 bits per heavy atom. The number of likely N-dealkylation sites (tertiary alicyclic amines) is 1. The van der Waals surface area contributed by atoms with Gasteiger partial charge in [-0.1, -0.05) is 29.3 Å². The third kappa shape index (κ3) is 5.98. The molecule has 1 aromatic carbocycles. The second-order valence-corrected chi connectivity index (χ2v) is 8.53. The highest BCUT2D eigenvalue weighted by Gasteiger charge is 2.34. The molecule has 0 spiro atoms. The minimum Gasteiger partial charge on any atom is -0.388 e. The van der Waals surface area contributed by atoms with Crippen molar-refractivity contribution in [2.75, 3.05) is 26.2 Å². The Kier molecular flexibility index (Phi) is 7.26. The lowest BCUT2D eigenvalue weighted by atomic mass is 9.80. The molecule has 150 valence electrons. The highest BCUT2D eigenvalue weighted by molar-refractivity contribution is 6.42. The summed E-state index contributed by atoms with van der Waals surface area (Å²) in [5, 5.41) is 18.3. The lowest BCUT2D eigenvalue weighted by Gasteiger charge is -2.36. The normalized spacial score (nSPS) is 21.0. The van der Waals surface area contributed by atoms with Gasteiger partial charge in [0.05, 0.1) is 22.2 Å². The van der Waals surface area contributed by atoms with Crippen LogP contribution in [0.1, 0.15) is 44.6 Å². The summed E-state index contributed by atoms with van der Waals surface area (Å²) in [5.74, 6) is 0.820. The van der Waals surface area contributed by atoms with Crippen LogP contribution in [-0.2, 0) is 6.54 Å². The van der Waals surface area contributed by atoms with Gasteiger partial charge in [0.25, 0.3) is 0 Å². The Morgan fingerprint density at radius 3 is 2.59 bits per heavy atom. The maximum absolute atomic E-state index is 10.3. The second kappa shape index (κ2) is 9.46. The number of hydrogen-bond donors (Lipinski definition) is 3. The van der Waals surface area contributed by atoms with E-state index in [2.05, 4.69) is 27.4 Å². The zero-order chi connectivity index (χ0) is 19.3. The Morgan fingerprint density at radius 2 is 2.00 bits per heavy atom. The smallest absolute Gasteiger partial charge is 0.191 e. The van der Waals surface area contributed by atoms with Crippen LogP contribution in [0.2, 0.25) is 10.0 Å². The van der Waals surface area contributed by atoms with Crippen LogP contribution >= 0.6 is 23.2 Å². The van der Waals surface area contributed by atoms with Crippen molar-refractivity contribution in [2.24, 2.45) is 4.99 Å². The predicted molar refractivity (Wildman–Crippen MR) is 113 cm³/mol. The molecule has 1 saturated carbocycles. The molecule has 0 amide bonds. The van der Waals surface area contributed by atoms with E-state index in [1.807, 2.05) is 18.2 Å². The van der Waals surface area contributed by atoms with Crippen molar-refractivity contribution in [3.05, 3.63) is 33.8 Å². The van der Waals surface area contributed by atoms with Crippen molar-refractivity contribution >= 4 is 29.2 Å². The molecule has 1 aliphatic heterocycles. The van der Waals surface area contributed by atoms with Gasteiger partial charge in [0.15, 0.2) is 5.96 Å². The number of halogens is 2. The van der Waals surface area contributed by atoms with Gasteiger partial charge >= 0.3 is 0 Å². The number of piperidine rings is 1. The van der Waals surface area contributed by atoms with E-state index in [1.165, 1.54) is 5.56 Å². The number of nitrogens with zero attached hydrogens (tertiary/aromatic N) is 2. The van der Waals surface area contributed by atoms with Gasteiger partial charge in [-0.15, -0.1) is 0 Å². The molecule has 27 heavy (non-hydrogen) atoms. The van der Waals surface area contributed by atoms with E-state index in [1.54, 1.807) is 0 Å². The average Bonchev–Trinajstić information content (AvgIpc) is 2.63. The largest absolute Gasteiger partial charge is 0.388 e. The first kappa shape index (κ1) is 20.7. The first-order chi connectivity index (χ1) is 13.0. The Hall–Kier alpha value is -1.01. The van der Waals surface area contributed by atoms with Crippen molar-refractivity contribution < 1.29 is 5.11 Å². The fourth-order valence-electron chi connectivity index (χ4n) is 3.61. The van der Waals surface area contributed by atoms with E-state index in [0.29, 0.717) is 22.6 Å². The summed E-state index contributed by atoms with van der Waals surface area (Å²) in [6, 6.07) is 6.27. The molecule has 0 unspecified atom stereocenters. The van der Waals surface area contributed by atoms with Gasteiger partial charge in [-0.25, -0.2) is 0 Å². The van der Waals surface area contributed by atoms with Crippen LogP contribution in [0.4, 0.5) is 0 Å². The van der Waals surface area contributed by atoms with Crippen LogP contribution in [0.25, 0.3) is 0 Å². The summed E-state index contributed by atoms with van der Waals surface area (Å²) in [5.41, 5.74) is 0.616. The van der Waals surface area contributed by atoms with Crippen LogP contribution in [0, 0.1) is 0 Å². The van der Waals surface area contributed by atoms with Crippen molar-refractivity contribution in [1.82, 2.24) is 15.5 Å². The van der Waals surface area contributed by atoms with E-state index in [9.17, 15) is 5.11 Å². The number of nitrogens with one attached hydrogen (secondary N) is 2. The maximum atomic E-state index is 10.3. The first-order valence-corrected chi connectivity index (χ1v) is 10.7. The Labute approximate surface area is 172 Å². The molecule has 0 radical (unpaired) electrons. The monoisotopic (exact) mass is 412 g/mol. The highest BCUT2D eigenvalue weighted by Crippen LogP contribution is 2.31. The van der Waals surface area contributed by atoms with Crippen LogP contribution in [0.5, 0.6) is 0 Å². The molecular weight excluding hydrogens is 383 g/mol. The van der Waals surface area contributed by atoms with Gasteiger partial charge in [0.1, 0.15) is 0 Å². The zero-order valence-electron chi connectivity index (χ0n) is 16.0. The van der Waals surface area contributed by atoms with Crippen molar-refractivity contribution in [1.29, 1.82) is 0 Å². The van der Waals surface area contributed by atoms with E-state index < -0.39 is 5.60 Å². The molecular formula is C20H30Cl2N4O. The quantitative estimate of drug-likeness (QED) is 0.494. The molecule has 0 atom stereocenters. The fourth-order valence-corrected chi connectivity index (χ4v) is 3.93. The molecule has 1 aromatic rings. The van der Waals surface area contributed by atoms with Crippen LogP contribution in [-0.4, -0.2) is 53.8 Å². The molecule has 1 aliphatic carbocycles. The Bertz CT molecular complexity index is 655. The molecule has 0 aromatic heterocycles. The first-order valence-electron chi connectivity index (χ1n) is 9.91. The summed E-state index contributed by atoms with van der Waals surface area (Å²) >= 11 is 12.1. The summed E-state index contributed by atoms with van der Waals surface area (Å²) < 4.78 is 0. The van der Waals surface area contributed by atoms with Crippen molar-refractivity contribution in [3.8, 4) is 0 Å². The molecule has 1 heterocycles. The van der Waals surface area contributed by atoms with Crippen LogP contribution in [0.15, 0.2) is 23.2 Å². The number of hydrogen-bond acceptors (Lipinski definition) is 3. The molecule has 0 bridgehead atoms. The van der Waals surface area contributed by atoms with Gasteiger partial charge in [-0.3, -0.25) is 9.89 Å². The highest BCUT2D eigenvalue weighted by atomic mass is 35.5. The van der Waals surface area contributed by atoms with Crippen molar-refractivity contribution in [3.63, 3.8) is 0 Å². The Balaban J connectivity index is 1.47. The second-order valence-electron chi connectivity index (χ2n) is 7.72. The summed E-state index contributed by atoms with van der Waals surface area (Å²) in [7, 11) is 0. The molecule has 2 aliphatic rings. The van der Waals surface area contributed by atoms with E-state index in [-0.39, 0.29) is 0 Å². The minimum absolute atomic E-state index is 0.406. The average molecular weight is 413 g/mol. The van der Waals surface area contributed by atoms with Gasteiger partial charge in [-0.2, -0.15) is 0 Å². The lowest BCUT2D eigenvalue weighted by Crippen LogP contribution is -2.49. The third-order valence-corrected chi connectivity index (χ3v) is 6.22. The number of guanidine groups is 1. The standard InChI is InChI=1S/C20H30Cl2N4O/c1-2-23-19(24-14-20(27)8-3-9-20)25-16-6-10-26(11-7-16)13-15-4-5-17(21)18(22)12-15/h4-5,12,16,27H,2-3,6-11,13-14H2,1H3,(H2,23,24,25). The zero-order valence-corrected chi connectivity index (χ0v) is 17.5. The number of aliphatic imine (C=N–C) groups is 1.